The summed E-state index contributed by atoms with van der Waals surface area (Å²) in [6, 6.07) is 19.5. The van der Waals surface area contributed by atoms with Crippen LogP contribution in [-0.2, 0) is 13.0 Å². The van der Waals surface area contributed by atoms with Crippen molar-refractivity contribution in [1.82, 2.24) is 14.9 Å². The van der Waals surface area contributed by atoms with Crippen LogP contribution in [0.25, 0.3) is 11.0 Å². The smallest absolute Gasteiger partial charge is 0.251 e. The molecule has 1 aromatic heterocycles. The average molecular weight is 484 g/mol. The maximum Gasteiger partial charge on any atom is 0.251 e. The lowest BCUT2D eigenvalue weighted by Crippen LogP contribution is -2.24. The van der Waals surface area contributed by atoms with Gasteiger partial charge in [0.25, 0.3) is 5.91 Å². The van der Waals surface area contributed by atoms with Gasteiger partial charge in [-0.1, -0.05) is 53.9 Å². The molecule has 33 heavy (non-hydrogen) atoms. The Balaban J connectivity index is 1.36. The summed E-state index contributed by atoms with van der Waals surface area (Å²) in [7, 11) is 0. The van der Waals surface area contributed by atoms with Gasteiger partial charge in [-0.05, 0) is 55.3 Å². The third-order valence-electron chi connectivity index (χ3n) is 5.56. The van der Waals surface area contributed by atoms with Crippen molar-refractivity contribution in [2.75, 3.05) is 6.54 Å². The number of nitrogens with one attached hydrogen (secondary N) is 1. The molecule has 0 fully saturated rings. The quantitative estimate of drug-likeness (QED) is 0.270. The molecule has 0 bridgehead atoms. The second-order valence-corrected chi connectivity index (χ2v) is 8.72. The van der Waals surface area contributed by atoms with E-state index in [-0.39, 0.29) is 11.7 Å². The monoisotopic (exact) mass is 483 g/mol. The van der Waals surface area contributed by atoms with E-state index in [0.717, 1.165) is 42.5 Å². The minimum Gasteiger partial charge on any atom is -0.352 e. The standard InChI is InChI=1S/C26H24Cl2FN3O/c27-19-9-6-8-18(16-19)26(33)30-15-5-1-2-14-25-31-23-12-3-4-13-24(23)32(25)17-20-21(28)10-7-11-22(20)29/h3-4,6-13,16H,1-2,5,14-15,17H2,(H,30,33). The van der Waals surface area contributed by atoms with Gasteiger partial charge >= 0.3 is 0 Å². The van der Waals surface area contributed by atoms with Crippen LogP contribution in [0.5, 0.6) is 0 Å². The number of benzene rings is 3. The number of carbonyl (C=O) groups excluding carboxylic acids is 1. The summed E-state index contributed by atoms with van der Waals surface area (Å²) in [5.41, 5.74) is 2.87. The molecule has 0 unspecified atom stereocenters. The van der Waals surface area contributed by atoms with Crippen molar-refractivity contribution in [1.29, 1.82) is 0 Å². The Bertz CT molecular complexity index is 1250. The van der Waals surface area contributed by atoms with Crippen LogP contribution in [0.4, 0.5) is 4.39 Å². The van der Waals surface area contributed by atoms with E-state index in [9.17, 15) is 9.18 Å². The second-order valence-electron chi connectivity index (χ2n) is 7.88. The number of aryl methyl sites for hydroxylation is 1. The minimum absolute atomic E-state index is 0.124. The molecule has 0 aliphatic carbocycles. The van der Waals surface area contributed by atoms with E-state index in [0.29, 0.717) is 34.3 Å². The Labute approximate surface area is 202 Å². The number of hydrogen-bond acceptors (Lipinski definition) is 2. The predicted molar refractivity (Wildman–Crippen MR) is 132 cm³/mol. The molecule has 7 heteroatoms. The van der Waals surface area contributed by atoms with Crippen molar-refractivity contribution in [3.05, 3.63) is 99.5 Å². The molecule has 1 amide bonds. The molecule has 0 atom stereocenters. The lowest BCUT2D eigenvalue weighted by molar-refractivity contribution is 0.0953. The topological polar surface area (TPSA) is 46.9 Å². The van der Waals surface area contributed by atoms with Gasteiger partial charge in [-0.25, -0.2) is 9.37 Å². The van der Waals surface area contributed by atoms with Gasteiger partial charge in [0.05, 0.1) is 17.6 Å². The third-order valence-corrected chi connectivity index (χ3v) is 6.15. The highest BCUT2D eigenvalue weighted by molar-refractivity contribution is 6.31. The molecule has 1 heterocycles. The summed E-state index contributed by atoms with van der Waals surface area (Å²) in [5.74, 6) is 0.459. The fourth-order valence-electron chi connectivity index (χ4n) is 3.85. The molecule has 0 aliphatic rings. The van der Waals surface area contributed by atoms with Gasteiger partial charge in [0.1, 0.15) is 11.6 Å². The summed E-state index contributed by atoms with van der Waals surface area (Å²) in [5, 5.41) is 3.88. The molecular weight excluding hydrogens is 460 g/mol. The minimum atomic E-state index is -0.318. The zero-order valence-electron chi connectivity index (χ0n) is 18.0. The van der Waals surface area contributed by atoms with Crippen LogP contribution in [0.1, 0.15) is 41.0 Å². The Hall–Kier alpha value is -2.89. The second kappa shape index (κ2) is 10.8. The molecule has 0 saturated heterocycles. The van der Waals surface area contributed by atoms with E-state index >= 15 is 0 Å². The number of halogens is 3. The molecular formula is C26H24Cl2FN3O. The number of hydrogen-bond donors (Lipinski definition) is 1. The van der Waals surface area contributed by atoms with Gasteiger partial charge in [-0.2, -0.15) is 0 Å². The number of nitrogens with zero attached hydrogens (tertiary/aromatic N) is 2. The first-order valence-corrected chi connectivity index (χ1v) is 11.7. The zero-order chi connectivity index (χ0) is 23.2. The first kappa shape index (κ1) is 23.3. The molecule has 1 N–H and O–H groups in total. The van der Waals surface area contributed by atoms with Gasteiger partial charge in [-0.15, -0.1) is 0 Å². The van der Waals surface area contributed by atoms with Crippen LogP contribution in [0.15, 0.2) is 66.7 Å². The predicted octanol–water partition coefficient (Wildman–Crippen LogP) is 6.67. The first-order chi connectivity index (χ1) is 16.0. The lowest BCUT2D eigenvalue weighted by Gasteiger charge is -2.12. The van der Waals surface area contributed by atoms with Gasteiger partial charge in [0, 0.05) is 34.1 Å². The van der Waals surface area contributed by atoms with Crippen LogP contribution in [0, 0.1) is 5.82 Å². The lowest BCUT2D eigenvalue weighted by atomic mass is 10.1. The Morgan fingerprint density at radius 1 is 0.970 bits per heavy atom. The largest absolute Gasteiger partial charge is 0.352 e. The van der Waals surface area contributed by atoms with Crippen LogP contribution in [-0.4, -0.2) is 22.0 Å². The molecule has 0 radical (unpaired) electrons. The van der Waals surface area contributed by atoms with Crippen LogP contribution in [0.2, 0.25) is 10.0 Å². The van der Waals surface area contributed by atoms with Gasteiger partial charge in [-0.3, -0.25) is 4.79 Å². The molecule has 4 aromatic rings. The molecule has 3 aromatic carbocycles. The number of rotatable bonds is 9. The normalized spacial score (nSPS) is 11.1. The summed E-state index contributed by atoms with van der Waals surface area (Å²) >= 11 is 12.2. The number of aromatic nitrogens is 2. The summed E-state index contributed by atoms with van der Waals surface area (Å²) in [4.78, 5) is 17.0. The van der Waals surface area contributed by atoms with Crippen LogP contribution < -0.4 is 5.32 Å². The Kier molecular flexibility index (Phi) is 7.63. The summed E-state index contributed by atoms with van der Waals surface area (Å²) in [6.45, 7) is 0.920. The van der Waals surface area contributed by atoms with Crippen molar-refractivity contribution in [3.8, 4) is 0 Å². The van der Waals surface area contributed by atoms with Crippen molar-refractivity contribution >= 4 is 40.1 Å². The van der Waals surface area contributed by atoms with E-state index in [1.807, 2.05) is 28.8 Å². The van der Waals surface area contributed by atoms with Gasteiger partial charge in [0.2, 0.25) is 0 Å². The van der Waals surface area contributed by atoms with Crippen LogP contribution >= 0.6 is 23.2 Å². The Morgan fingerprint density at radius 2 is 1.79 bits per heavy atom. The fourth-order valence-corrected chi connectivity index (χ4v) is 4.27. The SMILES string of the molecule is O=C(NCCCCCc1nc2ccccc2n1Cc1c(F)cccc1Cl)c1cccc(Cl)c1. The maximum absolute atomic E-state index is 14.4. The number of para-hydroxylation sites is 2. The zero-order valence-corrected chi connectivity index (χ0v) is 19.5. The highest BCUT2D eigenvalue weighted by Crippen LogP contribution is 2.24. The third kappa shape index (κ3) is 5.73. The summed E-state index contributed by atoms with van der Waals surface area (Å²) < 4.78 is 16.5. The molecule has 0 saturated carbocycles. The Morgan fingerprint density at radius 3 is 2.61 bits per heavy atom. The molecule has 0 spiro atoms. The number of fused-ring (bicyclic) bond motifs is 1. The number of imidazole rings is 1. The average Bonchev–Trinajstić information content (AvgIpc) is 3.15. The summed E-state index contributed by atoms with van der Waals surface area (Å²) in [6.07, 6.45) is 3.44. The van der Waals surface area contributed by atoms with E-state index in [4.69, 9.17) is 28.2 Å². The molecule has 0 aliphatic heterocycles. The fraction of sp³-hybridized carbons (Fsp3) is 0.231. The molecule has 4 nitrogen and oxygen atoms in total. The highest BCUT2D eigenvalue weighted by atomic mass is 35.5. The van der Waals surface area contributed by atoms with E-state index in [1.54, 1.807) is 36.4 Å². The van der Waals surface area contributed by atoms with Gasteiger partial charge < -0.3 is 9.88 Å². The van der Waals surface area contributed by atoms with E-state index in [2.05, 4.69) is 5.32 Å². The number of amides is 1. The van der Waals surface area contributed by atoms with E-state index < -0.39 is 0 Å². The molecule has 170 valence electrons. The van der Waals surface area contributed by atoms with Gasteiger partial charge in [0.15, 0.2) is 0 Å². The van der Waals surface area contributed by atoms with Crippen molar-refractivity contribution in [2.24, 2.45) is 0 Å². The van der Waals surface area contributed by atoms with Crippen molar-refractivity contribution in [3.63, 3.8) is 0 Å². The number of unbranched alkanes of at least 4 members (excludes halogenated alkanes) is 2. The number of carbonyl (C=O) groups is 1. The maximum atomic E-state index is 14.4. The van der Waals surface area contributed by atoms with Crippen LogP contribution in [0.3, 0.4) is 0 Å². The van der Waals surface area contributed by atoms with Crippen molar-refractivity contribution in [2.45, 2.75) is 32.2 Å². The van der Waals surface area contributed by atoms with E-state index in [1.165, 1.54) is 6.07 Å². The first-order valence-electron chi connectivity index (χ1n) is 10.9. The highest BCUT2D eigenvalue weighted by Gasteiger charge is 2.14. The molecule has 4 rings (SSSR count). The van der Waals surface area contributed by atoms with Crippen molar-refractivity contribution < 1.29 is 9.18 Å².